The van der Waals surface area contributed by atoms with Gasteiger partial charge in [-0.25, -0.2) is 8.78 Å². The van der Waals surface area contributed by atoms with Gasteiger partial charge in [0.25, 0.3) is 5.91 Å². The highest BCUT2D eigenvalue weighted by Gasteiger charge is 2.27. The summed E-state index contributed by atoms with van der Waals surface area (Å²) < 4.78 is 28.9. The highest BCUT2D eigenvalue weighted by molar-refractivity contribution is 6.05. The molecule has 1 aromatic heterocycles. The Morgan fingerprint density at radius 3 is 2.52 bits per heavy atom. The van der Waals surface area contributed by atoms with E-state index in [1.807, 2.05) is 0 Å². The molecule has 7 nitrogen and oxygen atoms in total. The van der Waals surface area contributed by atoms with E-state index in [4.69, 9.17) is 5.11 Å². The van der Waals surface area contributed by atoms with E-state index < -0.39 is 41.1 Å². The first kappa shape index (κ1) is 21.9. The SMILES string of the molecule is Cc1c(C(C)C(=O)NCCC(=O)O)c2cc(O)c(F)cc2n1C(=O)c1cccc(F)c1. The van der Waals surface area contributed by atoms with Gasteiger partial charge in [0.15, 0.2) is 11.6 Å². The zero-order chi connectivity index (χ0) is 22.9. The average Bonchev–Trinajstić information content (AvgIpc) is 2.97. The van der Waals surface area contributed by atoms with Crippen molar-refractivity contribution in [3.63, 3.8) is 0 Å². The van der Waals surface area contributed by atoms with E-state index in [1.54, 1.807) is 13.8 Å². The molecule has 0 saturated heterocycles. The van der Waals surface area contributed by atoms with Gasteiger partial charge in [-0.15, -0.1) is 0 Å². The number of fused-ring (bicyclic) bond motifs is 1. The number of halogens is 2. The minimum atomic E-state index is -1.07. The number of rotatable bonds is 6. The molecular weight excluding hydrogens is 410 g/mol. The molecule has 3 aromatic rings. The Labute approximate surface area is 175 Å². The van der Waals surface area contributed by atoms with Crippen molar-refractivity contribution in [2.75, 3.05) is 6.54 Å². The summed E-state index contributed by atoms with van der Waals surface area (Å²) in [5, 5.41) is 21.4. The van der Waals surface area contributed by atoms with Gasteiger partial charge >= 0.3 is 5.97 Å². The Morgan fingerprint density at radius 2 is 1.87 bits per heavy atom. The molecule has 31 heavy (non-hydrogen) atoms. The number of nitrogens with zero attached hydrogens (tertiary/aromatic N) is 1. The first-order chi connectivity index (χ1) is 14.6. The molecule has 1 atom stereocenters. The number of benzene rings is 2. The number of hydrogen-bond acceptors (Lipinski definition) is 4. The molecule has 0 spiro atoms. The van der Waals surface area contributed by atoms with Gasteiger partial charge in [-0.3, -0.25) is 19.0 Å². The van der Waals surface area contributed by atoms with Crippen LogP contribution in [0.25, 0.3) is 10.9 Å². The highest BCUT2D eigenvalue weighted by atomic mass is 19.1. The molecule has 0 saturated carbocycles. The van der Waals surface area contributed by atoms with Gasteiger partial charge in [0.2, 0.25) is 5.91 Å². The standard InChI is InChI=1S/C22H20F2N2O5/c1-11(21(30)25-7-6-19(28)29)20-12(2)26(17-10-16(24)18(27)9-15(17)20)22(31)13-4-3-5-14(23)8-13/h3-5,8-11,27H,6-7H2,1-2H3,(H,25,30)(H,28,29). The van der Waals surface area contributed by atoms with Gasteiger partial charge < -0.3 is 15.5 Å². The molecule has 1 heterocycles. The van der Waals surface area contributed by atoms with Gasteiger partial charge in [-0.2, -0.15) is 0 Å². The number of aromatic nitrogens is 1. The van der Waals surface area contributed by atoms with Gasteiger partial charge in [0, 0.05) is 29.3 Å². The monoisotopic (exact) mass is 430 g/mol. The van der Waals surface area contributed by atoms with Crippen LogP contribution in [0, 0.1) is 18.6 Å². The lowest BCUT2D eigenvalue weighted by molar-refractivity contribution is -0.136. The second-order valence-electron chi connectivity index (χ2n) is 7.13. The van der Waals surface area contributed by atoms with Crippen LogP contribution in [0.2, 0.25) is 0 Å². The molecule has 0 aliphatic rings. The average molecular weight is 430 g/mol. The lowest BCUT2D eigenvalue weighted by atomic mass is 9.96. The lowest BCUT2D eigenvalue weighted by Crippen LogP contribution is -2.30. The normalized spacial score (nSPS) is 12.0. The lowest BCUT2D eigenvalue weighted by Gasteiger charge is -2.13. The number of carboxylic acid groups (broad SMARTS) is 1. The number of phenols is 1. The minimum absolute atomic E-state index is 0.0265. The third kappa shape index (κ3) is 4.25. The van der Waals surface area contributed by atoms with E-state index in [9.17, 15) is 28.3 Å². The van der Waals surface area contributed by atoms with E-state index in [1.165, 1.54) is 22.8 Å². The van der Waals surface area contributed by atoms with Crippen molar-refractivity contribution in [3.8, 4) is 5.75 Å². The summed E-state index contributed by atoms with van der Waals surface area (Å²) in [5.41, 5.74) is 0.818. The summed E-state index contributed by atoms with van der Waals surface area (Å²) in [5.74, 6) is -5.26. The Morgan fingerprint density at radius 1 is 1.16 bits per heavy atom. The van der Waals surface area contributed by atoms with Crippen LogP contribution >= 0.6 is 0 Å². The van der Waals surface area contributed by atoms with Crippen molar-refractivity contribution < 1.29 is 33.4 Å². The smallest absolute Gasteiger partial charge is 0.305 e. The van der Waals surface area contributed by atoms with Crippen molar-refractivity contribution in [1.82, 2.24) is 9.88 Å². The van der Waals surface area contributed by atoms with Crippen molar-refractivity contribution in [1.29, 1.82) is 0 Å². The van der Waals surface area contributed by atoms with Crippen molar-refractivity contribution in [2.45, 2.75) is 26.2 Å². The maximum Gasteiger partial charge on any atom is 0.305 e. The fraction of sp³-hybridized carbons (Fsp3) is 0.227. The van der Waals surface area contributed by atoms with E-state index in [0.29, 0.717) is 11.3 Å². The zero-order valence-corrected chi connectivity index (χ0v) is 16.8. The Bertz CT molecular complexity index is 1200. The first-order valence-corrected chi connectivity index (χ1v) is 9.45. The quantitative estimate of drug-likeness (QED) is 0.556. The van der Waals surface area contributed by atoms with Crippen LogP contribution in [0.1, 0.15) is 40.9 Å². The number of aliphatic carboxylic acids is 1. The summed E-state index contributed by atoms with van der Waals surface area (Å²) in [6.07, 6.45) is -0.261. The molecule has 1 unspecified atom stereocenters. The summed E-state index contributed by atoms with van der Waals surface area (Å²) in [7, 11) is 0. The summed E-state index contributed by atoms with van der Waals surface area (Å²) in [6.45, 7) is 3.02. The van der Waals surface area contributed by atoms with E-state index in [2.05, 4.69) is 5.32 Å². The topological polar surface area (TPSA) is 109 Å². The Balaban J connectivity index is 2.13. The fourth-order valence-corrected chi connectivity index (χ4v) is 3.58. The van der Waals surface area contributed by atoms with Crippen LogP contribution in [0.3, 0.4) is 0 Å². The first-order valence-electron chi connectivity index (χ1n) is 9.45. The number of carbonyl (C=O) groups is 3. The fourth-order valence-electron chi connectivity index (χ4n) is 3.58. The van der Waals surface area contributed by atoms with Crippen molar-refractivity contribution >= 4 is 28.7 Å². The predicted octanol–water partition coefficient (Wildman–Crippen LogP) is 3.32. The largest absolute Gasteiger partial charge is 0.505 e. The number of carboxylic acids is 1. The van der Waals surface area contributed by atoms with Crippen LogP contribution < -0.4 is 5.32 Å². The molecule has 0 radical (unpaired) electrons. The second kappa shape index (κ2) is 8.55. The second-order valence-corrected chi connectivity index (χ2v) is 7.13. The Kier molecular flexibility index (Phi) is 6.05. The summed E-state index contributed by atoms with van der Waals surface area (Å²) in [6, 6.07) is 7.12. The molecule has 0 fully saturated rings. The predicted molar refractivity (Wildman–Crippen MR) is 108 cm³/mol. The molecule has 3 N–H and O–H groups in total. The van der Waals surface area contributed by atoms with Crippen LogP contribution in [-0.4, -0.2) is 39.1 Å². The van der Waals surface area contributed by atoms with Crippen molar-refractivity contribution in [2.24, 2.45) is 0 Å². The van der Waals surface area contributed by atoms with E-state index >= 15 is 0 Å². The summed E-state index contributed by atoms with van der Waals surface area (Å²) >= 11 is 0. The minimum Gasteiger partial charge on any atom is -0.505 e. The molecule has 9 heteroatoms. The third-order valence-electron chi connectivity index (χ3n) is 5.06. The number of hydrogen-bond donors (Lipinski definition) is 3. The van der Waals surface area contributed by atoms with Crippen LogP contribution in [0.4, 0.5) is 8.78 Å². The maximum absolute atomic E-state index is 14.1. The van der Waals surface area contributed by atoms with Crippen LogP contribution in [0.5, 0.6) is 5.75 Å². The molecule has 0 aliphatic heterocycles. The summed E-state index contributed by atoms with van der Waals surface area (Å²) in [4.78, 5) is 36.4. The molecule has 0 bridgehead atoms. The van der Waals surface area contributed by atoms with Gasteiger partial charge in [-0.05, 0) is 43.7 Å². The molecular formula is C22H20F2N2O5. The molecule has 162 valence electrons. The van der Waals surface area contributed by atoms with Gasteiger partial charge in [-0.1, -0.05) is 6.07 Å². The van der Waals surface area contributed by atoms with E-state index in [0.717, 1.165) is 18.2 Å². The molecule has 0 aliphatic carbocycles. The van der Waals surface area contributed by atoms with Crippen LogP contribution in [-0.2, 0) is 9.59 Å². The number of aromatic hydroxyl groups is 1. The molecule has 1 amide bonds. The molecule has 3 rings (SSSR count). The van der Waals surface area contributed by atoms with Gasteiger partial charge in [0.1, 0.15) is 5.82 Å². The van der Waals surface area contributed by atoms with E-state index in [-0.39, 0.29) is 29.4 Å². The number of nitrogens with one attached hydrogen (secondary N) is 1. The highest BCUT2D eigenvalue weighted by Crippen LogP contribution is 2.36. The van der Waals surface area contributed by atoms with Crippen molar-refractivity contribution in [3.05, 3.63) is 64.9 Å². The maximum atomic E-state index is 14.1. The van der Waals surface area contributed by atoms with Gasteiger partial charge in [0.05, 0.1) is 17.9 Å². The Hall–Kier alpha value is -3.75. The molecule has 2 aromatic carbocycles. The number of phenolic OH excluding ortho intramolecular Hbond substituents is 1. The number of amides is 1. The number of carbonyl (C=O) groups excluding carboxylic acids is 2. The zero-order valence-electron chi connectivity index (χ0n) is 16.8. The third-order valence-corrected chi connectivity index (χ3v) is 5.06. The van der Waals surface area contributed by atoms with Crippen LogP contribution in [0.15, 0.2) is 36.4 Å².